The van der Waals surface area contributed by atoms with Crippen LogP contribution in [0.15, 0.2) is 54.6 Å². The highest BCUT2D eigenvalue weighted by molar-refractivity contribution is 7.21. The lowest BCUT2D eigenvalue weighted by Gasteiger charge is -2.21. The first-order valence-electron chi connectivity index (χ1n) is 8.86. The van der Waals surface area contributed by atoms with E-state index in [1.54, 1.807) is 19.2 Å². The smallest absolute Gasteiger partial charge is 0.326 e. The summed E-state index contributed by atoms with van der Waals surface area (Å²) < 4.78 is 6.04. The lowest BCUT2D eigenvalue weighted by Crippen LogP contribution is -2.39. The van der Waals surface area contributed by atoms with Crippen molar-refractivity contribution >= 4 is 56.5 Å². The van der Waals surface area contributed by atoms with Crippen molar-refractivity contribution in [2.45, 2.75) is 13.0 Å². The largest absolute Gasteiger partial charge is 0.451 e. The minimum absolute atomic E-state index is 0.327. The number of hydrogen-bond donors (Lipinski definition) is 1. The SMILES string of the molecule is CC(OC(=O)CNC(=O)c1sc2ccccc2c1Cl)C(=O)N(C)c1ccccc1. The van der Waals surface area contributed by atoms with Crippen LogP contribution in [0.5, 0.6) is 0 Å². The molecule has 1 N–H and O–H groups in total. The number of carbonyl (C=O) groups excluding carboxylic acids is 3. The topological polar surface area (TPSA) is 75.7 Å². The number of ether oxygens (including phenoxy) is 1. The molecule has 0 bridgehead atoms. The number of esters is 1. The fourth-order valence-corrected chi connectivity index (χ4v) is 4.17. The molecule has 29 heavy (non-hydrogen) atoms. The zero-order valence-electron chi connectivity index (χ0n) is 15.8. The zero-order valence-corrected chi connectivity index (χ0v) is 17.4. The van der Waals surface area contributed by atoms with Crippen molar-refractivity contribution in [3.63, 3.8) is 0 Å². The molecule has 3 rings (SSSR count). The summed E-state index contributed by atoms with van der Waals surface area (Å²) in [4.78, 5) is 38.6. The van der Waals surface area contributed by atoms with Gasteiger partial charge in [0.25, 0.3) is 11.8 Å². The quantitative estimate of drug-likeness (QED) is 0.602. The van der Waals surface area contributed by atoms with E-state index in [1.807, 2.05) is 42.5 Å². The highest BCUT2D eigenvalue weighted by Crippen LogP contribution is 2.34. The Hall–Kier alpha value is -2.90. The van der Waals surface area contributed by atoms with Crippen LogP contribution in [0.3, 0.4) is 0 Å². The maximum atomic E-state index is 12.4. The summed E-state index contributed by atoms with van der Waals surface area (Å²) in [6, 6.07) is 16.4. The first-order valence-corrected chi connectivity index (χ1v) is 10.0. The van der Waals surface area contributed by atoms with E-state index < -0.39 is 18.0 Å². The van der Waals surface area contributed by atoms with Crippen LogP contribution in [0, 0.1) is 0 Å². The van der Waals surface area contributed by atoms with Gasteiger partial charge in [0.05, 0.1) is 5.02 Å². The van der Waals surface area contributed by atoms with Crippen LogP contribution >= 0.6 is 22.9 Å². The molecule has 6 nitrogen and oxygen atoms in total. The molecule has 0 saturated heterocycles. The lowest BCUT2D eigenvalue weighted by molar-refractivity contribution is -0.152. The van der Waals surface area contributed by atoms with E-state index in [-0.39, 0.29) is 12.5 Å². The average Bonchev–Trinajstić information content (AvgIpc) is 3.08. The van der Waals surface area contributed by atoms with Crippen LogP contribution in [0.2, 0.25) is 5.02 Å². The molecular weight excluding hydrogens is 412 g/mol. The predicted octanol–water partition coefficient (Wildman–Crippen LogP) is 3.88. The number of para-hydroxylation sites is 1. The van der Waals surface area contributed by atoms with Crippen molar-refractivity contribution in [2.24, 2.45) is 0 Å². The Balaban J connectivity index is 1.55. The molecule has 150 valence electrons. The number of hydrogen-bond acceptors (Lipinski definition) is 5. The number of halogens is 1. The Bertz CT molecular complexity index is 1050. The Labute approximate surface area is 177 Å². The van der Waals surface area contributed by atoms with Gasteiger partial charge >= 0.3 is 5.97 Å². The molecule has 2 aromatic carbocycles. The summed E-state index contributed by atoms with van der Waals surface area (Å²) in [5.41, 5.74) is 0.688. The third-order valence-electron chi connectivity index (χ3n) is 4.26. The van der Waals surface area contributed by atoms with Gasteiger partial charge in [0, 0.05) is 22.8 Å². The number of likely N-dealkylation sites (N-methyl/N-ethyl adjacent to an activating group) is 1. The number of benzene rings is 2. The molecule has 0 aliphatic heterocycles. The predicted molar refractivity (Wildman–Crippen MR) is 115 cm³/mol. The van der Waals surface area contributed by atoms with Gasteiger partial charge in [-0.2, -0.15) is 0 Å². The molecule has 1 heterocycles. The molecule has 1 unspecified atom stereocenters. The second-order valence-electron chi connectivity index (χ2n) is 6.29. The van der Waals surface area contributed by atoms with Crippen LogP contribution in [-0.4, -0.2) is 37.5 Å². The molecule has 0 spiro atoms. The number of anilines is 1. The standard InChI is InChI=1S/C21H19ClN2O4S/c1-13(21(27)24(2)14-8-4-3-5-9-14)28-17(25)12-23-20(26)19-18(22)15-10-6-7-11-16(15)29-19/h3-11,13H,12H2,1-2H3,(H,23,26). The third-order valence-corrected chi connectivity index (χ3v) is 5.94. The van der Waals surface area contributed by atoms with E-state index in [0.29, 0.717) is 15.6 Å². The zero-order chi connectivity index (χ0) is 21.0. The first kappa shape index (κ1) is 20.8. The number of fused-ring (bicyclic) bond motifs is 1. The van der Waals surface area contributed by atoms with Gasteiger partial charge in [-0.25, -0.2) is 0 Å². The number of carbonyl (C=O) groups is 3. The van der Waals surface area contributed by atoms with Gasteiger partial charge in [0.1, 0.15) is 11.4 Å². The Morgan fingerprint density at radius 1 is 1.10 bits per heavy atom. The van der Waals surface area contributed by atoms with Gasteiger partial charge in [-0.05, 0) is 25.1 Å². The van der Waals surface area contributed by atoms with Crippen molar-refractivity contribution in [1.82, 2.24) is 5.32 Å². The average molecular weight is 431 g/mol. The van der Waals surface area contributed by atoms with E-state index >= 15 is 0 Å². The third kappa shape index (κ3) is 4.75. The highest BCUT2D eigenvalue weighted by Gasteiger charge is 2.23. The maximum Gasteiger partial charge on any atom is 0.326 e. The number of rotatable bonds is 6. The van der Waals surface area contributed by atoms with Crippen molar-refractivity contribution in [3.05, 3.63) is 64.5 Å². The van der Waals surface area contributed by atoms with Gasteiger partial charge in [0.2, 0.25) is 0 Å². The summed E-state index contributed by atoms with van der Waals surface area (Å²) in [5, 5.41) is 3.63. The molecule has 2 amide bonds. The fraction of sp³-hybridized carbons (Fsp3) is 0.190. The number of nitrogens with one attached hydrogen (secondary N) is 1. The van der Waals surface area contributed by atoms with Crippen LogP contribution in [0.25, 0.3) is 10.1 Å². The molecule has 0 fully saturated rings. The summed E-state index contributed by atoms with van der Waals surface area (Å²) >= 11 is 7.52. The van der Waals surface area contributed by atoms with Gasteiger partial charge in [-0.1, -0.05) is 48.0 Å². The normalized spacial score (nSPS) is 11.7. The van der Waals surface area contributed by atoms with E-state index in [2.05, 4.69) is 5.32 Å². The molecule has 0 radical (unpaired) electrons. The summed E-state index contributed by atoms with van der Waals surface area (Å²) in [6.45, 7) is 1.13. The molecule has 1 aromatic heterocycles. The second-order valence-corrected chi connectivity index (χ2v) is 7.72. The Morgan fingerprint density at radius 3 is 2.45 bits per heavy atom. The van der Waals surface area contributed by atoms with Gasteiger partial charge < -0.3 is 15.0 Å². The molecule has 1 atom stereocenters. The molecule has 0 aliphatic carbocycles. The fourth-order valence-electron chi connectivity index (χ4n) is 2.73. The summed E-state index contributed by atoms with van der Waals surface area (Å²) in [6.07, 6.45) is -0.988. The second kappa shape index (κ2) is 9.07. The van der Waals surface area contributed by atoms with Crippen molar-refractivity contribution < 1.29 is 19.1 Å². The van der Waals surface area contributed by atoms with Crippen LogP contribution in [0.4, 0.5) is 5.69 Å². The van der Waals surface area contributed by atoms with Crippen LogP contribution in [0.1, 0.15) is 16.6 Å². The minimum atomic E-state index is -0.988. The Morgan fingerprint density at radius 2 is 1.76 bits per heavy atom. The van der Waals surface area contributed by atoms with Crippen LogP contribution < -0.4 is 10.2 Å². The van der Waals surface area contributed by atoms with E-state index in [0.717, 1.165) is 10.1 Å². The van der Waals surface area contributed by atoms with E-state index in [9.17, 15) is 14.4 Å². The van der Waals surface area contributed by atoms with Gasteiger partial charge in [-0.15, -0.1) is 11.3 Å². The van der Waals surface area contributed by atoms with E-state index in [4.69, 9.17) is 16.3 Å². The number of amides is 2. The number of thiophene rings is 1. The molecule has 8 heteroatoms. The lowest BCUT2D eigenvalue weighted by atomic mass is 10.2. The van der Waals surface area contributed by atoms with Gasteiger partial charge in [-0.3, -0.25) is 14.4 Å². The molecule has 3 aromatic rings. The monoisotopic (exact) mass is 430 g/mol. The van der Waals surface area contributed by atoms with Crippen molar-refractivity contribution in [1.29, 1.82) is 0 Å². The first-order chi connectivity index (χ1) is 13.9. The highest BCUT2D eigenvalue weighted by atomic mass is 35.5. The van der Waals surface area contributed by atoms with Crippen molar-refractivity contribution in [3.8, 4) is 0 Å². The molecule has 0 saturated carbocycles. The Kier molecular flexibility index (Phi) is 6.51. The number of nitrogens with zero attached hydrogens (tertiary/aromatic N) is 1. The molecular formula is C21H19ClN2O4S. The maximum absolute atomic E-state index is 12.4. The summed E-state index contributed by atoms with van der Waals surface area (Å²) in [7, 11) is 1.60. The minimum Gasteiger partial charge on any atom is -0.451 e. The summed E-state index contributed by atoms with van der Waals surface area (Å²) in [5.74, 6) is -1.55. The van der Waals surface area contributed by atoms with Gasteiger partial charge in [0.15, 0.2) is 6.10 Å². The van der Waals surface area contributed by atoms with Crippen LogP contribution in [-0.2, 0) is 14.3 Å². The van der Waals surface area contributed by atoms with Crippen molar-refractivity contribution in [2.75, 3.05) is 18.5 Å². The molecule has 0 aliphatic rings. The van der Waals surface area contributed by atoms with E-state index in [1.165, 1.54) is 23.2 Å².